The van der Waals surface area contributed by atoms with Gasteiger partial charge in [0.05, 0.1) is 5.69 Å². The third-order valence-electron chi connectivity index (χ3n) is 3.17. The van der Waals surface area contributed by atoms with Crippen LogP contribution < -0.4 is 10.2 Å². The first-order chi connectivity index (χ1) is 10.1. The quantitative estimate of drug-likeness (QED) is 0.591. The van der Waals surface area contributed by atoms with Crippen LogP contribution in [0.2, 0.25) is 0 Å². The molecule has 114 valence electrons. The zero-order valence-electron chi connectivity index (χ0n) is 12.5. The summed E-state index contributed by atoms with van der Waals surface area (Å²) in [7, 11) is 3.70. The molecule has 0 aliphatic heterocycles. The maximum Gasteiger partial charge on any atom is 0.184 e. The predicted molar refractivity (Wildman–Crippen MR) is 87.2 cm³/mol. The highest BCUT2D eigenvalue weighted by atomic mass is 32.2. The molecule has 0 aliphatic carbocycles. The van der Waals surface area contributed by atoms with Gasteiger partial charge in [-0.05, 0) is 18.4 Å². The Balaban J connectivity index is 2.11. The van der Waals surface area contributed by atoms with Crippen LogP contribution in [0.4, 0.5) is 5.82 Å². The molecule has 6 nitrogen and oxygen atoms in total. The Labute approximate surface area is 129 Å². The molecule has 2 N–H and O–H groups in total. The summed E-state index contributed by atoms with van der Waals surface area (Å²) >= 11 is 1.74. The summed E-state index contributed by atoms with van der Waals surface area (Å²) in [6, 6.07) is 5.79. The fraction of sp³-hybridized carbons (Fsp3) is 0.429. The van der Waals surface area contributed by atoms with E-state index in [0.717, 1.165) is 29.4 Å². The third kappa shape index (κ3) is 3.96. The summed E-state index contributed by atoms with van der Waals surface area (Å²) in [4.78, 5) is 5.86. The van der Waals surface area contributed by atoms with E-state index in [0.29, 0.717) is 0 Å². The molecule has 0 saturated carbocycles. The van der Waals surface area contributed by atoms with E-state index < -0.39 is 6.35 Å². The van der Waals surface area contributed by atoms with Gasteiger partial charge in [0, 0.05) is 50.4 Å². The molecule has 2 heterocycles. The minimum absolute atomic E-state index is 0.741. The lowest BCUT2D eigenvalue weighted by Gasteiger charge is -2.25. The first-order valence-electron chi connectivity index (χ1n) is 6.71. The Bertz CT molecular complexity index is 560. The summed E-state index contributed by atoms with van der Waals surface area (Å²) in [5.41, 5.74) is 1.79. The lowest BCUT2D eigenvalue weighted by molar-refractivity contribution is 0.139. The van der Waals surface area contributed by atoms with Crippen LogP contribution in [0.3, 0.4) is 0 Å². The van der Waals surface area contributed by atoms with E-state index >= 15 is 0 Å². The average molecular weight is 307 g/mol. The minimum Gasteiger partial charge on any atom is -0.361 e. The Kier molecular flexibility index (Phi) is 5.60. The summed E-state index contributed by atoms with van der Waals surface area (Å²) in [5.74, 6) is 1.79. The maximum absolute atomic E-state index is 10.2. The van der Waals surface area contributed by atoms with Crippen molar-refractivity contribution in [3.8, 4) is 11.3 Å². The van der Waals surface area contributed by atoms with Gasteiger partial charge in [-0.3, -0.25) is 15.0 Å². The number of aliphatic hydroxyl groups is 1. The van der Waals surface area contributed by atoms with E-state index in [1.54, 1.807) is 33.7 Å². The van der Waals surface area contributed by atoms with Gasteiger partial charge in [-0.15, -0.1) is 0 Å². The smallest absolute Gasteiger partial charge is 0.184 e. The van der Waals surface area contributed by atoms with Crippen LogP contribution in [0.1, 0.15) is 0 Å². The number of anilines is 1. The summed E-state index contributed by atoms with van der Waals surface area (Å²) in [5, 5.41) is 17.7. The number of nitrogens with one attached hydrogen (secondary N) is 1. The number of hydrogen-bond acceptors (Lipinski definition) is 6. The minimum atomic E-state index is -0.741. The largest absolute Gasteiger partial charge is 0.361 e. The van der Waals surface area contributed by atoms with Crippen molar-refractivity contribution >= 4 is 17.6 Å². The van der Waals surface area contributed by atoms with Gasteiger partial charge in [0.2, 0.25) is 0 Å². The second kappa shape index (κ2) is 7.44. The highest BCUT2D eigenvalue weighted by molar-refractivity contribution is 7.98. The Hall–Kier alpha value is -1.57. The standard InChI is InChI=1S/C14H21N5OS/c1-18(14(20)16-7-8-21-3)13-9-12(17-19(13)2)11-5-4-6-15-10-11/h4-6,9-10,14,16,20H,7-8H2,1-3H3. The molecule has 2 aromatic rings. The molecule has 0 saturated heterocycles. The number of aromatic nitrogens is 3. The van der Waals surface area contributed by atoms with Crippen molar-refractivity contribution in [2.45, 2.75) is 6.35 Å². The molecule has 2 aromatic heterocycles. The number of aliphatic hydroxyl groups excluding tert-OH is 1. The molecule has 0 fully saturated rings. The topological polar surface area (TPSA) is 66.2 Å². The molecular formula is C14H21N5OS. The first-order valence-corrected chi connectivity index (χ1v) is 8.10. The van der Waals surface area contributed by atoms with Gasteiger partial charge in [-0.2, -0.15) is 16.9 Å². The Morgan fingerprint density at radius 1 is 1.52 bits per heavy atom. The molecule has 7 heteroatoms. The lowest BCUT2D eigenvalue weighted by Crippen LogP contribution is -2.45. The van der Waals surface area contributed by atoms with E-state index in [1.807, 2.05) is 38.6 Å². The summed E-state index contributed by atoms with van der Waals surface area (Å²) < 4.78 is 1.75. The van der Waals surface area contributed by atoms with Crippen molar-refractivity contribution < 1.29 is 5.11 Å². The molecule has 1 atom stereocenters. The molecule has 1 unspecified atom stereocenters. The van der Waals surface area contributed by atoms with Crippen molar-refractivity contribution in [2.75, 3.05) is 30.5 Å². The van der Waals surface area contributed by atoms with Crippen LogP contribution in [0, 0.1) is 0 Å². The summed E-state index contributed by atoms with van der Waals surface area (Å²) in [6.07, 6.45) is 4.81. The molecule has 21 heavy (non-hydrogen) atoms. The van der Waals surface area contributed by atoms with Crippen molar-refractivity contribution in [3.05, 3.63) is 30.6 Å². The van der Waals surface area contributed by atoms with Gasteiger partial charge in [-0.25, -0.2) is 0 Å². The molecule has 0 aromatic carbocycles. The predicted octanol–water partition coefficient (Wildman–Crippen LogP) is 1.15. The van der Waals surface area contributed by atoms with E-state index in [4.69, 9.17) is 0 Å². The SMILES string of the molecule is CSCCNC(O)N(C)c1cc(-c2cccnc2)nn1C. The second-order valence-electron chi connectivity index (χ2n) is 4.68. The van der Waals surface area contributed by atoms with E-state index in [2.05, 4.69) is 15.4 Å². The molecule has 0 amide bonds. The molecule has 0 bridgehead atoms. The van der Waals surface area contributed by atoms with Crippen molar-refractivity contribution in [2.24, 2.45) is 7.05 Å². The van der Waals surface area contributed by atoms with Crippen molar-refractivity contribution in [1.29, 1.82) is 0 Å². The third-order valence-corrected chi connectivity index (χ3v) is 3.79. The van der Waals surface area contributed by atoms with E-state index in [1.165, 1.54) is 0 Å². The van der Waals surface area contributed by atoms with Crippen LogP contribution in [0.25, 0.3) is 11.3 Å². The van der Waals surface area contributed by atoms with Crippen LogP contribution in [0.15, 0.2) is 30.6 Å². The Morgan fingerprint density at radius 3 is 3.00 bits per heavy atom. The molecule has 0 aliphatic rings. The summed E-state index contributed by atoms with van der Waals surface area (Å²) in [6.45, 7) is 0.750. The fourth-order valence-electron chi connectivity index (χ4n) is 2.00. The number of pyridine rings is 1. The molecule has 2 rings (SSSR count). The second-order valence-corrected chi connectivity index (χ2v) is 5.67. The Morgan fingerprint density at radius 2 is 2.33 bits per heavy atom. The van der Waals surface area contributed by atoms with Crippen LogP contribution in [-0.4, -0.2) is 51.8 Å². The van der Waals surface area contributed by atoms with E-state index in [-0.39, 0.29) is 0 Å². The first kappa shape index (κ1) is 15.8. The van der Waals surface area contributed by atoms with Gasteiger partial charge in [0.15, 0.2) is 6.35 Å². The van der Waals surface area contributed by atoms with Gasteiger partial charge in [-0.1, -0.05) is 0 Å². The van der Waals surface area contributed by atoms with Gasteiger partial charge in [0.25, 0.3) is 0 Å². The number of nitrogens with zero attached hydrogens (tertiary/aromatic N) is 4. The van der Waals surface area contributed by atoms with Crippen LogP contribution >= 0.6 is 11.8 Å². The van der Waals surface area contributed by atoms with Gasteiger partial charge in [0.1, 0.15) is 5.82 Å². The number of aryl methyl sites for hydroxylation is 1. The van der Waals surface area contributed by atoms with Crippen LogP contribution in [0.5, 0.6) is 0 Å². The fourth-order valence-corrected chi connectivity index (χ4v) is 2.32. The monoisotopic (exact) mass is 307 g/mol. The highest BCUT2D eigenvalue weighted by Crippen LogP contribution is 2.22. The van der Waals surface area contributed by atoms with Gasteiger partial charge < -0.3 is 10.0 Å². The van der Waals surface area contributed by atoms with E-state index in [9.17, 15) is 5.11 Å². The highest BCUT2D eigenvalue weighted by Gasteiger charge is 2.16. The lowest BCUT2D eigenvalue weighted by atomic mass is 10.2. The molecular weight excluding hydrogens is 286 g/mol. The van der Waals surface area contributed by atoms with Crippen LogP contribution in [-0.2, 0) is 7.05 Å². The van der Waals surface area contributed by atoms with Crippen molar-refractivity contribution in [1.82, 2.24) is 20.1 Å². The maximum atomic E-state index is 10.2. The number of rotatable bonds is 7. The number of thioether (sulfide) groups is 1. The van der Waals surface area contributed by atoms with Crippen molar-refractivity contribution in [3.63, 3.8) is 0 Å². The molecule has 0 radical (unpaired) electrons. The number of hydrogen-bond donors (Lipinski definition) is 2. The zero-order chi connectivity index (χ0) is 15.2. The normalized spacial score (nSPS) is 12.4. The average Bonchev–Trinajstić information content (AvgIpc) is 2.89. The zero-order valence-corrected chi connectivity index (χ0v) is 13.3. The molecule has 0 spiro atoms. The van der Waals surface area contributed by atoms with Gasteiger partial charge >= 0.3 is 0 Å².